The Labute approximate surface area is 329 Å². The standard InChI is InChI=1S/C40H61N5O11/c1-8-11-25(2)12-9-13-26(3)14-10-18-45-22-28(43-44-45)21-40(6,7)54-19-17-39(4,5)24-42-35(49)29-20-27(23-53-38(41)52)15-16-30(29)55-37-33(48)31(46)32(47)34(56-37)36(50)51/h11,13,15-16,20,22,31-34,37,46-48H,8-10,12,14,17-19,21,23-24H2,1-7H3,(H2,41,52)(H,42,49)(H,50,51)/b25-11+,26-13+/t31-,32-,33+,34-,37+/m0/s1. The van der Waals surface area contributed by atoms with E-state index in [0.29, 0.717) is 25.0 Å². The van der Waals surface area contributed by atoms with Crippen LogP contribution in [0, 0.1) is 5.41 Å². The largest absolute Gasteiger partial charge is 0.479 e. The van der Waals surface area contributed by atoms with E-state index in [1.165, 1.54) is 29.3 Å². The predicted molar refractivity (Wildman–Crippen MR) is 207 cm³/mol. The van der Waals surface area contributed by atoms with Crippen LogP contribution in [0.4, 0.5) is 4.79 Å². The van der Waals surface area contributed by atoms with E-state index in [2.05, 4.69) is 48.6 Å². The number of amides is 2. The number of ether oxygens (including phenoxy) is 4. The lowest BCUT2D eigenvalue weighted by molar-refractivity contribution is -0.271. The van der Waals surface area contributed by atoms with Crippen molar-refractivity contribution in [1.29, 1.82) is 0 Å². The number of aliphatic carboxylic acids is 1. The molecule has 0 aliphatic carbocycles. The van der Waals surface area contributed by atoms with Crippen LogP contribution in [-0.2, 0) is 38.6 Å². The third-order valence-electron chi connectivity index (χ3n) is 9.46. The van der Waals surface area contributed by atoms with Crippen molar-refractivity contribution in [2.45, 2.75) is 143 Å². The van der Waals surface area contributed by atoms with Gasteiger partial charge < -0.3 is 50.4 Å². The van der Waals surface area contributed by atoms with Gasteiger partial charge in [0.2, 0.25) is 6.29 Å². The number of carbonyl (C=O) groups excluding carboxylic acids is 2. The van der Waals surface area contributed by atoms with E-state index in [4.69, 9.17) is 24.7 Å². The van der Waals surface area contributed by atoms with Crippen molar-refractivity contribution < 1.29 is 53.8 Å². The second-order valence-electron chi connectivity index (χ2n) is 15.8. The van der Waals surface area contributed by atoms with E-state index < -0.39 is 59.7 Å². The summed E-state index contributed by atoms with van der Waals surface area (Å²) < 4.78 is 23.9. The van der Waals surface area contributed by atoms with Crippen LogP contribution in [0.15, 0.2) is 47.7 Å². The fourth-order valence-electron chi connectivity index (χ4n) is 6.12. The Bertz CT molecular complexity index is 1670. The number of nitrogens with zero attached hydrogens (tertiary/aromatic N) is 3. The first-order chi connectivity index (χ1) is 26.3. The molecule has 0 bridgehead atoms. The molecule has 2 aromatic rings. The number of aliphatic hydroxyl groups excluding tert-OH is 3. The molecule has 2 amide bonds. The molecular weight excluding hydrogens is 726 g/mol. The summed E-state index contributed by atoms with van der Waals surface area (Å²) in [5.41, 5.74) is 8.11. The molecule has 1 aliphatic rings. The van der Waals surface area contributed by atoms with Gasteiger partial charge in [-0.2, -0.15) is 0 Å². The number of allylic oxidation sites excluding steroid dienone is 4. The van der Waals surface area contributed by atoms with Crippen molar-refractivity contribution in [1.82, 2.24) is 20.3 Å². The zero-order valence-corrected chi connectivity index (χ0v) is 33.7. The number of rotatable bonds is 22. The number of aromatic nitrogens is 3. The van der Waals surface area contributed by atoms with Crippen molar-refractivity contribution in [2.75, 3.05) is 13.2 Å². The van der Waals surface area contributed by atoms with Gasteiger partial charge in [0.25, 0.3) is 5.91 Å². The third kappa shape index (κ3) is 15.0. The predicted octanol–water partition coefficient (Wildman–Crippen LogP) is 4.19. The summed E-state index contributed by atoms with van der Waals surface area (Å²) in [6.45, 7) is 15.6. The monoisotopic (exact) mass is 787 g/mol. The molecule has 1 fully saturated rings. The van der Waals surface area contributed by atoms with Crippen LogP contribution in [0.5, 0.6) is 5.75 Å². The molecule has 0 spiro atoms. The van der Waals surface area contributed by atoms with Gasteiger partial charge >= 0.3 is 12.1 Å². The van der Waals surface area contributed by atoms with E-state index in [1.54, 1.807) is 0 Å². The second kappa shape index (κ2) is 21.3. The summed E-state index contributed by atoms with van der Waals surface area (Å²) in [7, 11) is 0. The highest BCUT2D eigenvalue weighted by atomic mass is 16.7. The van der Waals surface area contributed by atoms with E-state index in [0.717, 1.165) is 44.3 Å². The highest BCUT2D eigenvalue weighted by molar-refractivity contribution is 5.97. The van der Waals surface area contributed by atoms with Crippen LogP contribution in [0.3, 0.4) is 0 Å². The van der Waals surface area contributed by atoms with Gasteiger partial charge in [-0.1, -0.05) is 55.3 Å². The maximum Gasteiger partial charge on any atom is 0.404 e. The van der Waals surface area contributed by atoms with Crippen molar-refractivity contribution in [3.05, 3.63) is 64.5 Å². The number of carbonyl (C=O) groups is 3. The molecular formula is C40H61N5O11. The number of aryl methyl sites for hydroxylation is 1. The van der Waals surface area contributed by atoms with Gasteiger partial charge in [-0.15, -0.1) is 5.10 Å². The fraction of sp³-hybridized carbons (Fsp3) is 0.625. The van der Waals surface area contributed by atoms with Crippen LogP contribution in [0.1, 0.15) is 109 Å². The molecule has 5 atom stereocenters. The number of carboxylic acids is 1. The number of nitrogens with two attached hydrogens (primary N) is 1. The van der Waals surface area contributed by atoms with Crippen molar-refractivity contribution in [3.8, 4) is 5.75 Å². The zero-order chi connectivity index (χ0) is 41.6. The minimum Gasteiger partial charge on any atom is -0.479 e. The van der Waals surface area contributed by atoms with E-state index in [1.807, 2.05) is 38.6 Å². The molecule has 1 aromatic heterocycles. The van der Waals surface area contributed by atoms with Crippen LogP contribution in [0.25, 0.3) is 0 Å². The summed E-state index contributed by atoms with van der Waals surface area (Å²) in [5.74, 6) is -2.31. The Balaban J connectivity index is 1.54. The molecule has 3 rings (SSSR count). The Morgan fingerprint density at radius 2 is 1.75 bits per heavy atom. The second-order valence-corrected chi connectivity index (χ2v) is 15.8. The van der Waals surface area contributed by atoms with Crippen molar-refractivity contribution in [2.24, 2.45) is 11.1 Å². The third-order valence-corrected chi connectivity index (χ3v) is 9.46. The fourth-order valence-corrected chi connectivity index (χ4v) is 6.12. The number of carboxylic acid groups (broad SMARTS) is 1. The minimum atomic E-state index is -1.92. The number of nitrogens with one attached hydrogen (secondary N) is 1. The average Bonchev–Trinajstić information content (AvgIpc) is 3.55. The van der Waals surface area contributed by atoms with Gasteiger partial charge in [0, 0.05) is 32.3 Å². The first-order valence-electron chi connectivity index (χ1n) is 19.1. The van der Waals surface area contributed by atoms with E-state index >= 15 is 0 Å². The van der Waals surface area contributed by atoms with Crippen LogP contribution in [0.2, 0.25) is 0 Å². The SMILES string of the molecule is CC/C=C(\C)CC/C=C(\C)CCCn1cc(CC(C)(C)OCCC(C)(C)CNC(=O)c2cc(COC(N)=O)ccc2O[C@@H]2O[C@H](C(=O)O)[C@@H](O)[C@H](O)[C@H]2O)nn1. The molecule has 16 nitrogen and oxygen atoms in total. The van der Waals surface area contributed by atoms with Crippen LogP contribution in [-0.4, -0.2) is 103 Å². The summed E-state index contributed by atoms with van der Waals surface area (Å²) in [6, 6.07) is 4.18. The quantitative estimate of drug-likeness (QED) is 0.0920. The van der Waals surface area contributed by atoms with Gasteiger partial charge in [0.05, 0.1) is 16.9 Å². The first-order valence-corrected chi connectivity index (χ1v) is 19.1. The molecule has 2 heterocycles. The molecule has 0 radical (unpaired) electrons. The zero-order valence-electron chi connectivity index (χ0n) is 33.7. The van der Waals surface area contributed by atoms with Gasteiger partial charge in [-0.3, -0.25) is 9.48 Å². The summed E-state index contributed by atoms with van der Waals surface area (Å²) in [4.78, 5) is 36.4. The Kier molecular flexibility index (Phi) is 17.5. The Morgan fingerprint density at radius 1 is 1.04 bits per heavy atom. The maximum atomic E-state index is 13.6. The van der Waals surface area contributed by atoms with Gasteiger partial charge in [-0.05, 0) is 89.3 Å². The number of hydrogen-bond acceptors (Lipinski definition) is 12. The maximum absolute atomic E-state index is 13.6. The van der Waals surface area contributed by atoms with Crippen molar-refractivity contribution >= 4 is 18.0 Å². The summed E-state index contributed by atoms with van der Waals surface area (Å²) in [5, 5.41) is 51.7. The molecule has 0 unspecified atom stereocenters. The first kappa shape index (κ1) is 46.0. The van der Waals surface area contributed by atoms with E-state index in [9.17, 15) is 34.8 Å². The lowest BCUT2D eigenvalue weighted by atomic mass is 9.89. The molecule has 1 aliphatic heterocycles. The highest BCUT2D eigenvalue weighted by Gasteiger charge is 2.48. The molecule has 1 saturated heterocycles. The van der Waals surface area contributed by atoms with Gasteiger partial charge in [-0.25, -0.2) is 9.59 Å². The summed E-state index contributed by atoms with van der Waals surface area (Å²) >= 11 is 0. The smallest absolute Gasteiger partial charge is 0.404 e. The Hall–Kier alpha value is -4.35. The number of benzene rings is 1. The molecule has 312 valence electrons. The van der Waals surface area contributed by atoms with Gasteiger partial charge in [0.1, 0.15) is 30.7 Å². The molecule has 56 heavy (non-hydrogen) atoms. The number of aliphatic hydroxyl groups is 3. The number of hydrogen-bond donors (Lipinski definition) is 6. The summed E-state index contributed by atoms with van der Waals surface area (Å²) in [6.07, 6.45) is 2.59. The molecule has 16 heteroatoms. The lowest BCUT2D eigenvalue weighted by Crippen LogP contribution is -2.61. The van der Waals surface area contributed by atoms with Crippen LogP contribution < -0.4 is 15.8 Å². The topological polar surface area (TPSA) is 238 Å². The average molecular weight is 788 g/mol. The highest BCUT2D eigenvalue weighted by Crippen LogP contribution is 2.29. The molecule has 1 aromatic carbocycles. The number of primary amides is 1. The van der Waals surface area contributed by atoms with Crippen LogP contribution >= 0.6 is 0 Å². The molecule has 0 saturated carbocycles. The minimum absolute atomic E-state index is 0.0581. The molecule has 7 N–H and O–H groups in total. The van der Waals surface area contributed by atoms with Gasteiger partial charge in [0.15, 0.2) is 6.10 Å². The van der Waals surface area contributed by atoms with E-state index in [-0.39, 0.29) is 24.5 Å². The normalized spacial score (nSPS) is 20.8. The van der Waals surface area contributed by atoms with Crippen molar-refractivity contribution in [3.63, 3.8) is 0 Å². The lowest BCUT2D eigenvalue weighted by Gasteiger charge is -2.38. The Morgan fingerprint density at radius 3 is 2.43 bits per heavy atom.